The molecule has 0 radical (unpaired) electrons. The third-order valence-corrected chi connectivity index (χ3v) is 6.07. The Bertz CT molecular complexity index is 694. The molecule has 1 aromatic heterocycles. The van der Waals surface area contributed by atoms with Gasteiger partial charge in [-0.3, -0.25) is 0 Å². The fraction of sp³-hybridized carbons (Fsp3) is 0.333. The fourth-order valence-corrected chi connectivity index (χ4v) is 4.99. The minimum Gasteiger partial charge on any atom is -0.326 e. The monoisotopic (exact) mass is 324 g/mol. The zero-order valence-electron chi connectivity index (χ0n) is 12.2. The summed E-state index contributed by atoms with van der Waals surface area (Å²) in [6.07, 6.45) is 0.660. The molecule has 0 spiro atoms. The largest absolute Gasteiger partial charge is 0.326 e. The third kappa shape index (κ3) is 4.14. The van der Waals surface area contributed by atoms with Crippen molar-refractivity contribution in [1.82, 2.24) is 4.72 Å². The molecule has 0 aliphatic rings. The average Bonchev–Trinajstić information content (AvgIpc) is 2.81. The summed E-state index contributed by atoms with van der Waals surface area (Å²) in [7, 11) is -3.49. The topological polar surface area (TPSA) is 72.2 Å². The summed E-state index contributed by atoms with van der Waals surface area (Å²) in [4.78, 5) is 1.99. The highest BCUT2D eigenvalue weighted by Crippen LogP contribution is 2.25. The second-order valence-corrected chi connectivity index (χ2v) is 8.07. The first-order valence-electron chi connectivity index (χ1n) is 6.78. The lowest BCUT2D eigenvalue weighted by atomic mass is 10.1. The smallest absolute Gasteiger partial charge is 0.241 e. The van der Waals surface area contributed by atoms with E-state index in [9.17, 15) is 8.42 Å². The maximum absolute atomic E-state index is 12.4. The molecule has 0 bridgehead atoms. The number of benzene rings is 1. The molecule has 21 heavy (non-hydrogen) atoms. The van der Waals surface area contributed by atoms with Gasteiger partial charge in [-0.1, -0.05) is 30.3 Å². The highest BCUT2D eigenvalue weighted by molar-refractivity contribution is 7.89. The van der Waals surface area contributed by atoms with Gasteiger partial charge in [-0.05, 0) is 31.9 Å². The number of hydrogen-bond acceptors (Lipinski definition) is 4. The Morgan fingerprint density at radius 3 is 2.52 bits per heavy atom. The fourth-order valence-electron chi connectivity index (χ4n) is 2.23. The van der Waals surface area contributed by atoms with Gasteiger partial charge < -0.3 is 5.73 Å². The van der Waals surface area contributed by atoms with Gasteiger partial charge in [0.05, 0.1) is 4.90 Å². The Balaban J connectivity index is 2.11. The van der Waals surface area contributed by atoms with Crippen molar-refractivity contribution < 1.29 is 8.42 Å². The molecule has 0 aliphatic carbocycles. The molecule has 2 rings (SSSR count). The number of aryl methyl sites for hydroxylation is 1. The van der Waals surface area contributed by atoms with Crippen molar-refractivity contribution in [3.05, 3.63) is 51.7 Å². The summed E-state index contributed by atoms with van der Waals surface area (Å²) < 4.78 is 27.6. The van der Waals surface area contributed by atoms with Crippen LogP contribution in [0, 0.1) is 6.92 Å². The van der Waals surface area contributed by atoms with Crippen LogP contribution in [0.1, 0.15) is 22.2 Å². The molecule has 1 unspecified atom stereocenters. The molecule has 0 saturated carbocycles. The summed E-state index contributed by atoms with van der Waals surface area (Å²) in [5, 5.41) is 0. The van der Waals surface area contributed by atoms with Crippen LogP contribution in [-0.4, -0.2) is 14.5 Å². The molecule has 0 aliphatic heterocycles. The summed E-state index contributed by atoms with van der Waals surface area (Å²) in [6, 6.07) is 11.3. The van der Waals surface area contributed by atoms with Crippen molar-refractivity contribution in [1.29, 1.82) is 0 Å². The van der Waals surface area contributed by atoms with Crippen LogP contribution in [0.5, 0.6) is 0 Å². The van der Waals surface area contributed by atoms with Gasteiger partial charge in [-0.2, -0.15) is 0 Å². The average molecular weight is 324 g/mol. The molecule has 0 saturated heterocycles. The van der Waals surface area contributed by atoms with E-state index in [1.165, 1.54) is 11.3 Å². The van der Waals surface area contributed by atoms with Gasteiger partial charge in [-0.25, -0.2) is 13.1 Å². The highest BCUT2D eigenvalue weighted by Gasteiger charge is 2.21. The van der Waals surface area contributed by atoms with Gasteiger partial charge >= 0.3 is 0 Å². The van der Waals surface area contributed by atoms with E-state index in [4.69, 9.17) is 5.73 Å². The van der Waals surface area contributed by atoms with E-state index in [0.29, 0.717) is 17.9 Å². The zero-order chi connectivity index (χ0) is 15.5. The summed E-state index contributed by atoms with van der Waals surface area (Å²) in [6.45, 7) is 4.04. The Morgan fingerprint density at radius 1 is 1.29 bits per heavy atom. The van der Waals surface area contributed by atoms with Gasteiger partial charge in [0.2, 0.25) is 10.0 Å². The number of nitrogens with two attached hydrogens (primary N) is 1. The molecule has 3 N–H and O–H groups in total. The molecule has 0 amide bonds. The first-order valence-corrected chi connectivity index (χ1v) is 9.08. The standard InChI is InChI=1S/C15H20N2O2S2/c1-11(8-13-6-4-3-5-7-13)17-21(18,19)15-9-14(10-16)20-12(15)2/h3-7,9,11,17H,8,10,16H2,1-2H3. The van der Waals surface area contributed by atoms with Crippen LogP contribution in [0.15, 0.2) is 41.3 Å². The molecule has 2 aromatic rings. The third-order valence-electron chi connectivity index (χ3n) is 3.16. The molecule has 1 heterocycles. The summed E-state index contributed by atoms with van der Waals surface area (Å²) >= 11 is 1.43. The predicted octanol–water partition coefficient (Wildman–Crippen LogP) is 2.42. The number of hydrogen-bond donors (Lipinski definition) is 2. The van der Waals surface area contributed by atoms with E-state index in [0.717, 1.165) is 15.3 Å². The minimum absolute atomic E-state index is 0.168. The van der Waals surface area contributed by atoms with Crippen LogP contribution in [-0.2, 0) is 23.0 Å². The Hall–Kier alpha value is -1.21. The number of nitrogens with one attached hydrogen (secondary N) is 1. The van der Waals surface area contributed by atoms with Crippen LogP contribution < -0.4 is 10.5 Å². The zero-order valence-corrected chi connectivity index (χ0v) is 13.8. The van der Waals surface area contributed by atoms with E-state index in [-0.39, 0.29) is 6.04 Å². The number of rotatable bonds is 6. The lowest BCUT2D eigenvalue weighted by molar-refractivity contribution is 0.559. The van der Waals surface area contributed by atoms with E-state index < -0.39 is 10.0 Å². The van der Waals surface area contributed by atoms with Crippen LogP contribution in [0.2, 0.25) is 0 Å². The van der Waals surface area contributed by atoms with Gasteiger partial charge in [-0.15, -0.1) is 11.3 Å². The van der Waals surface area contributed by atoms with Crippen LogP contribution in [0.4, 0.5) is 0 Å². The lowest BCUT2D eigenvalue weighted by Gasteiger charge is -2.14. The maximum atomic E-state index is 12.4. The molecular weight excluding hydrogens is 304 g/mol. The SMILES string of the molecule is Cc1sc(CN)cc1S(=O)(=O)NC(C)Cc1ccccc1. The Morgan fingerprint density at radius 2 is 1.95 bits per heavy atom. The first-order chi connectivity index (χ1) is 9.92. The molecule has 114 valence electrons. The van der Waals surface area contributed by atoms with Crippen LogP contribution >= 0.6 is 11.3 Å². The normalized spacial score (nSPS) is 13.3. The van der Waals surface area contributed by atoms with Crippen molar-refractivity contribution in [3.8, 4) is 0 Å². The van der Waals surface area contributed by atoms with Crippen molar-refractivity contribution >= 4 is 21.4 Å². The molecule has 1 atom stereocenters. The Labute approximate surface area is 130 Å². The van der Waals surface area contributed by atoms with E-state index in [1.54, 1.807) is 13.0 Å². The minimum atomic E-state index is -3.49. The molecular formula is C15H20N2O2S2. The van der Waals surface area contributed by atoms with Crippen LogP contribution in [0.25, 0.3) is 0 Å². The number of sulfonamides is 1. The van der Waals surface area contributed by atoms with Crippen molar-refractivity contribution in [2.24, 2.45) is 5.73 Å². The van der Waals surface area contributed by atoms with Gasteiger partial charge in [0.1, 0.15) is 0 Å². The van der Waals surface area contributed by atoms with E-state index in [1.807, 2.05) is 37.3 Å². The molecule has 6 heteroatoms. The van der Waals surface area contributed by atoms with Crippen molar-refractivity contribution in [2.75, 3.05) is 0 Å². The van der Waals surface area contributed by atoms with Crippen LogP contribution in [0.3, 0.4) is 0 Å². The second-order valence-electron chi connectivity index (χ2n) is 5.05. The quantitative estimate of drug-likeness (QED) is 0.857. The van der Waals surface area contributed by atoms with Gasteiger partial charge in [0.25, 0.3) is 0 Å². The number of thiophene rings is 1. The summed E-state index contributed by atoms with van der Waals surface area (Å²) in [5.74, 6) is 0. The van der Waals surface area contributed by atoms with Gasteiger partial charge in [0.15, 0.2) is 0 Å². The van der Waals surface area contributed by atoms with Gasteiger partial charge in [0, 0.05) is 22.3 Å². The van der Waals surface area contributed by atoms with Crippen molar-refractivity contribution in [3.63, 3.8) is 0 Å². The second kappa shape index (κ2) is 6.70. The molecule has 0 fully saturated rings. The van der Waals surface area contributed by atoms with Crippen molar-refractivity contribution in [2.45, 2.75) is 37.8 Å². The lowest BCUT2D eigenvalue weighted by Crippen LogP contribution is -2.34. The predicted molar refractivity (Wildman–Crippen MR) is 86.9 cm³/mol. The first kappa shape index (κ1) is 16.2. The molecule has 4 nitrogen and oxygen atoms in total. The van der Waals surface area contributed by atoms with E-state index in [2.05, 4.69) is 4.72 Å². The Kier molecular flexibility index (Phi) is 5.16. The maximum Gasteiger partial charge on any atom is 0.241 e. The summed E-state index contributed by atoms with van der Waals surface area (Å²) in [5.41, 5.74) is 6.68. The van der Waals surface area contributed by atoms with E-state index >= 15 is 0 Å². The molecule has 1 aromatic carbocycles. The highest BCUT2D eigenvalue weighted by atomic mass is 32.2.